The van der Waals surface area contributed by atoms with E-state index in [9.17, 15) is 0 Å². The standard InChI is InChI=1S/C11H14N2S/c12-9(7-14)5-8-6-13-11-4-2-1-3-10(8)11/h1-4,6,9,13-14H,5,7,12H2/t9-/m0/s1. The Morgan fingerprint density at radius 3 is 2.93 bits per heavy atom. The maximum Gasteiger partial charge on any atom is 0.0456 e. The van der Waals surface area contributed by atoms with Crippen molar-refractivity contribution in [1.82, 2.24) is 4.98 Å². The van der Waals surface area contributed by atoms with Crippen LogP contribution in [-0.2, 0) is 6.42 Å². The summed E-state index contributed by atoms with van der Waals surface area (Å²) in [5.74, 6) is 0.722. The van der Waals surface area contributed by atoms with Crippen LogP contribution >= 0.6 is 12.6 Å². The highest BCUT2D eigenvalue weighted by atomic mass is 32.1. The summed E-state index contributed by atoms with van der Waals surface area (Å²) in [4.78, 5) is 3.24. The Hall–Kier alpha value is -0.930. The lowest BCUT2D eigenvalue weighted by Gasteiger charge is -2.06. The minimum atomic E-state index is 0.137. The smallest absolute Gasteiger partial charge is 0.0456 e. The van der Waals surface area contributed by atoms with Crippen LogP contribution in [-0.4, -0.2) is 16.8 Å². The molecule has 0 unspecified atom stereocenters. The van der Waals surface area contributed by atoms with E-state index in [1.807, 2.05) is 18.3 Å². The highest BCUT2D eigenvalue weighted by molar-refractivity contribution is 7.80. The van der Waals surface area contributed by atoms with E-state index in [-0.39, 0.29) is 6.04 Å². The van der Waals surface area contributed by atoms with Gasteiger partial charge >= 0.3 is 0 Å². The topological polar surface area (TPSA) is 41.8 Å². The molecule has 1 aromatic heterocycles. The number of hydrogen-bond donors (Lipinski definition) is 3. The highest BCUT2D eigenvalue weighted by Crippen LogP contribution is 2.18. The molecule has 0 saturated heterocycles. The summed E-state index contributed by atoms with van der Waals surface area (Å²) in [5, 5.41) is 1.27. The van der Waals surface area contributed by atoms with Crippen LogP contribution < -0.4 is 5.73 Å². The van der Waals surface area contributed by atoms with Crippen LogP contribution in [0.2, 0.25) is 0 Å². The van der Waals surface area contributed by atoms with Crippen molar-refractivity contribution >= 4 is 23.5 Å². The molecule has 0 aliphatic rings. The zero-order chi connectivity index (χ0) is 9.97. The summed E-state index contributed by atoms with van der Waals surface area (Å²) in [7, 11) is 0. The number of benzene rings is 1. The molecule has 74 valence electrons. The fourth-order valence-electron chi connectivity index (χ4n) is 1.65. The second kappa shape index (κ2) is 4.07. The molecule has 2 nitrogen and oxygen atoms in total. The molecule has 3 N–H and O–H groups in total. The van der Waals surface area contributed by atoms with Gasteiger partial charge in [0, 0.05) is 28.9 Å². The van der Waals surface area contributed by atoms with Crippen LogP contribution in [0, 0.1) is 0 Å². The maximum atomic E-state index is 5.86. The summed E-state index contributed by atoms with van der Waals surface area (Å²) < 4.78 is 0. The van der Waals surface area contributed by atoms with Gasteiger partial charge in [-0.15, -0.1) is 0 Å². The van der Waals surface area contributed by atoms with Gasteiger partial charge in [-0.1, -0.05) is 18.2 Å². The first-order valence-electron chi connectivity index (χ1n) is 4.72. The van der Waals surface area contributed by atoms with Crippen molar-refractivity contribution in [3.63, 3.8) is 0 Å². The molecule has 0 aliphatic heterocycles. The Morgan fingerprint density at radius 1 is 1.36 bits per heavy atom. The molecule has 2 rings (SSSR count). The number of thiol groups is 1. The van der Waals surface area contributed by atoms with Crippen molar-refractivity contribution < 1.29 is 0 Å². The van der Waals surface area contributed by atoms with Crippen LogP contribution in [0.25, 0.3) is 10.9 Å². The van der Waals surface area contributed by atoms with E-state index in [4.69, 9.17) is 5.73 Å². The fraction of sp³-hybridized carbons (Fsp3) is 0.273. The van der Waals surface area contributed by atoms with Gasteiger partial charge < -0.3 is 10.7 Å². The van der Waals surface area contributed by atoms with Crippen molar-refractivity contribution in [2.45, 2.75) is 12.5 Å². The largest absolute Gasteiger partial charge is 0.361 e. The van der Waals surface area contributed by atoms with E-state index in [0.29, 0.717) is 0 Å². The molecule has 0 amide bonds. The van der Waals surface area contributed by atoms with E-state index >= 15 is 0 Å². The molecule has 14 heavy (non-hydrogen) atoms. The first-order valence-corrected chi connectivity index (χ1v) is 5.36. The van der Waals surface area contributed by atoms with Gasteiger partial charge in [-0.3, -0.25) is 0 Å². The molecular weight excluding hydrogens is 192 g/mol. The molecule has 0 bridgehead atoms. The average molecular weight is 206 g/mol. The SMILES string of the molecule is N[C@H](CS)Cc1c[nH]c2ccccc12. The first kappa shape index (κ1) is 9.62. The number of fused-ring (bicyclic) bond motifs is 1. The van der Waals surface area contributed by atoms with Crippen molar-refractivity contribution in [3.8, 4) is 0 Å². The number of hydrogen-bond acceptors (Lipinski definition) is 2. The molecule has 0 aliphatic carbocycles. The van der Waals surface area contributed by atoms with E-state index in [2.05, 4.69) is 29.7 Å². The van der Waals surface area contributed by atoms with Gasteiger partial charge in [-0.05, 0) is 18.1 Å². The van der Waals surface area contributed by atoms with Crippen LogP contribution in [0.15, 0.2) is 30.5 Å². The number of nitrogens with two attached hydrogens (primary N) is 1. The predicted octanol–water partition coefficient (Wildman–Crippen LogP) is 1.97. The molecule has 1 heterocycles. The summed E-state index contributed by atoms with van der Waals surface area (Å²) in [6, 6.07) is 8.40. The zero-order valence-electron chi connectivity index (χ0n) is 7.90. The van der Waals surface area contributed by atoms with E-state index in [1.165, 1.54) is 16.5 Å². The number of para-hydroxylation sites is 1. The first-order chi connectivity index (χ1) is 6.81. The van der Waals surface area contributed by atoms with Crippen LogP contribution in [0.3, 0.4) is 0 Å². The Balaban J connectivity index is 2.33. The molecule has 1 aromatic carbocycles. The third kappa shape index (κ3) is 1.79. The van der Waals surface area contributed by atoms with Crippen LogP contribution in [0.1, 0.15) is 5.56 Å². The second-order valence-electron chi connectivity index (χ2n) is 3.51. The van der Waals surface area contributed by atoms with E-state index in [0.717, 1.165) is 12.2 Å². The Kier molecular flexibility index (Phi) is 2.79. The molecule has 0 spiro atoms. The summed E-state index contributed by atoms with van der Waals surface area (Å²) >= 11 is 4.19. The van der Waals surface area contributed by atoms with Crippen molar-refractivity contribution in [3.05, 3.63) is 36.0 Å². The van der Waals surface area contributed by atoms with Gasteiger partial charge in [0.15, 0.2) is 0 Å². The van der Waals surface area contributed by atoms with Gasteiger partial charge in [-0.2, -0.15) is 12.6 Å². The number of aromatic amines is 1. The Bertz CT molecular complexity index is 422. The molecule has 3 heteroatoms. The minimum Gasteiger partial charge on any atom is -0.361 e. The normalized spacial score (nSPS) is 13.3. The van der Waals surface area contributed by atoms with Crippen LogP contribution in [0.5, 0.6) is 0 Å². The highest BCUT2D eigenvalue weighted by Gasteiger charge is 2.06. The lowest BCUT2D eigenvalue weighted by atomic mass is 10.1. The summed E-state index contributed by atoms with van der Waals surface area (Å²) in [6.07, 6.45) is 2.92. The predicted molar refractivity (Wildman–Crippen MR) is 63.8 cm³/mol. The molecule has 0 fully saturated rings. The summed E-state index contributed by atoms with van der Waals surface area (Å²) in [5.41, 5.74) is 8.32. The molecule has 2 aromatic rings. The lowest BCUT2D eigenvalue weighted by Crippen LogP contribution is -2.24. The third-order valence-corrected chi connectivity index (χ3v) is 2.86. The molecule has 0 radical (unpaired) electrons. The zero-order valence-corrected chi connectivity index (χ0v) is 8.80. The third-order valence-electron chi connectivity index (χ3n) is 2.39. The van der Waals surface area contributed by atoms with E-state index < -0.39 is 0 Å². The van der Waals surface area contributed by atoms with Crippen molar-refractivity contribution in [2.24, 2.45) is 5.73 Å². The van der Waals surface area contributed by atoms with E-state index in [1.54, 1.807) is 0 Å². The number of rotatable bonds is 3. The number of nitrogens with one attached hydrogen (secondary N) is 1. The summed E-state index contributed by atoms with van der Waals surface area (Å²) in [6.45, 7) is 0. The van der Waals surface area contributed by atoms with Gasteiger partial charge in [0.2, 0.25) is 0 Å². The lowest BCUT2D eigenvalue weighted by molar-refractivity contribution is 0.754. The molecular formula is C11H14N2S. The van der Waals surface area contributed by atoms with Gasteiger partial charge in [0.05, 0.1) is 0 Å². The second-order valence-corrected chi connectivity index (χ2v) is 3.87. The minimum absolute atomic E-state index is 0.137. The van der Waals surface area contributed by atoms with Crippen molar-refractivity contribution in [1.29, 1.82) is 0 Å². The van der Waals surface area contributed by atoms with Gasteiger partial charge in [-0.25, -0.2) is 0 Å². The number of aromatic nitrogens is 1. The monoisotopic (exact) mass is 206 g/mol. The Morgan fingerprint density at radius 2 is 2.14 bits per heavy atom. The van der Waals surface area contributed by atoms with Crippen molar-refractivity contribution in [2.75, 3.05) is 5.75 Å². The molecule has 0 saturated carbocycles. The molecule has 1 atom stereocenters. The fourth-order valence-corrected chi connectivity index (χ4v) is 1.78. The average Bonchev–Trinajstić information content (AvgIpc) is 2.62. The number of H-pyrrole nitrogens is 1. The maximum absolute atomic E-state index is 5.86. The van der Waals surface area contributed by atoms with Gasteiger partial charge in [0.1, 0.15) is 0 Å². The van der Waals surface area contributed by atoms with Crippen LogP contribution in [0.4, 0.5) is 0 Å². The Labute approximate surface area is 88.9 Å². The van der Waals surface area contributed by atoms with Gasteiger partial charge in [0.25, 0.3) is 0 Å². The quantitative estimate of drug-likeness (QED) is 0.660.